The summed E-state index contributed by atoms with van der Waals surface area (Å²) in [5.41, 5.74) is 7.88. The summed E-state index contributed by atoms with van der Waals surface area (Å²) in [6, 6.07) is 8.37. The summed E-state index contributed by atoms with van der Waals surface area (Å²) >= 11 is 0. The maximum absolute atomic E-state index is 12.2. The Bertz CT molecular complexity index is 467. The summed E-state index contributed by atoms with van der Waals surface area (Å²) < 4.78 is 5.26. The molecule has 0 spiro atoms. The monoisotopic (exact) mass is 276 g/mol. The summed E-state index contributed by atoms with van der Waals surface area (Å²) in [7, 11) is 0. The number of carbonyl (C=O) groups excluding carboxylic acids is 1. The van der Waals surface area contributed by atoms with Crippen LogP contribution in [-0.2, 0) is 9.53 Å². The van der Waals surface area contributed by atoms with Gasteiger partial charge in [-0.2, -0.15) is 0 Å². The molecule has 1 aliphatic rings. The summed E-state index contributed by atoms with van der Waals surface area (Å²) in [6.45, 7) is 5.94. The van der Waals surface area contributed by atoms with Crippen molar-refractivity contribution in [3.63, 3.8) is 0 Å². The molecule has 0 bridgehead atoms. The molecule has 1 amide bonds. The predicted molar refractivity (Wildman–Crippen MR) is 79.6 cm³/mol. The summed E-state index contributed by atoms with van der Waals surface area (Å²) in [5, 5.41) is 2.99. The first-order chi connectivity index (χ1) is 9.51. The number of rotatable bonds is 4. The molecule has 4 heteroatoms. The fourth-order valence-corrected chi connectivity index (χ4v) is 2.48. The van der Waals surface area contributed by atoms with Crippen LogP contribution < -0.4 is 11.1 Å². The number of hydrogen-bond donors (Lipinski definition) is 2. The smallest absolute Gasteiger partial charge is 0.240 e. The van der Waals surface area contributed by atoms with Crippen LogP contribution in [-0.4, -0.2) is 31.2 Å². The van der Waals surface area contributed by atoms with Crippen molar-refractivity contribution in [2.75, 3.05) is 19.8 Å². The van der Waals surface area contributed by atoms with Gasteiger partial charge in [0.2, 0.25) is 5.91 Å². The summed E-state index contributed by atoms with van der Waals surface area (Å²) in [4.78, 5) is 12.2. The number of aryl methyl sites for hydroxylation is 1. The second-order valence-corrected chi connectivity index (χ2v) is 5.79. The topological polar surface area (TPSA) is 64.4 Å². The van der Waals surface area contributed by atoms with Crippen molar-refractivity contribution in [3.8, 4) is 0 Å². The Morgan fingerprint density at radius 1 is 1.45 bits per heavy atom. The molecule has 0 aromatic heterocycles. The fraction of sp³-hybridized carbons (Fsp3) is 0.562. The van der Waals surface area contributed by atoms with Crippen molar-refractivity contribution in [3.05, 3.63) is 35.4 Å². The van der Waals surface area contributed by atoms with Gasteiger partial charge in [-0.1, -0.05) is 36.8 Å². The van der Waals surface area contributed by atoms with E-state index in [1.807, 2.05) is 6.07 Å². The van der Waals surface area contributed by atoms with E-state index in [1.54, 1.807) is 0 Å². The maximum Gasteiger partial charge on any atom is 0.240 e. The average molecular weight is 276 g/mol. The number of amides is 1. The highest BCUT2D eigenvalue weighted by Gasteiger charge is 2.35. The minimum absolute atomic E-state index is 0.0553. The molecule has 1 aromatic rings. The molecule has 20 heavy (non-hydrogen) atoms. The van der Waals surface area contributed by atoms with E-state index in [0.717, 1.165) is 0 Å². The van der Waals surface area contributed by atoms with E-state index in [-0.39, 0.29) is 11.8 Å². The first kappa shape index (κ1) is 15.0. The lowest BCUT2D eigenvalue weighted by Gasteiger charge is -2.32. The Morgan fingerprint density at radius 2 is 2.15 bits per heavy atom. The molecular weight excluding hydrogens is 252 g/mol. The predicted octanol–water partition coefficient (Wildman–Crippen LogP) is 1.72. The fourth-order valence-electron chi connectivity index (χ4n) is 2.48. The van der Waals surface area contributed by atoms with Crippen molar-refractivity contribution >= 4 is 5.91 Å². The Hall–Kier alpha value is -1.39. The number of carbonyl (C=O) groups is 1. The zero-order valence-corrected chi connectivity index (χ0v) is 12.3. The number of benzene rings is 1. The van der Waals surface area contributed by atoms with Crippen molar-refractivity contribution in [2.45, 2.75) is 38.1 Å². The van der Waals surface area contributed by atoms with Crippen LogP contribution in [0.15, 0.2) is 24.3 Å². The number of hydrogen-bond acceptors (Lipinski definition) is 3. The van der Waals surface area contributed by atoms with Gasteiger partial charge in [-0.25, -0.2) is 0 Å². The molecule has 1 fully saturated rings. The highest BCUT2D eigenvalue weighted by molar-refractivity contribution is 5.86. The molecule has 1 aliphatic heterocycles. The number of ether oxygens (including phenoxy) is 1. The van der Waals surface area contributed by atoms with E-state index >= 15 is 0 Å². The van der Waals surface area contributed by atoms with Gasteiger partial charge in [0.25, 0.3) is 0 Å². The number of nitrogens with two attached hydrogens (primary N) is 1. The van der Waals surface area contributed by atoms with Crippen LogP contribution in [0.2, 0.25) is 0 Å². The molecule has 1 atom stereocenters. The molecule has 0 radical (unpaired) electrons. The zero-order valence-electron chi connectivity index (χ0n) is 12.3. The largest absolute Gasteiger partial charge is 0.381 e. The summed E-state index contributed by atoms with van der Waals surface area (Å²) in [6.07, 6.45) is 1.19. The van der Waals surface area contributed by atoms with Crippen LogP contribution in [0, 0.1) is 6.92 Å². The first-order valence-corrected chi connectivity index (χ1v) is 7.23. The van der Waals surface area contributed by atoms with E-state index in [4.69, 9.17) is 10.5 Å². The lowest BCUT2D eigenvalue weighted by atomic mass is 9.90. The van der Waals surface area contributed by atoms with Gasteiger partial charge in [0.15, 0.2) is 0 Å². The molecule has 1 heterocycles. The average Bonchev–Trinajstić information content (AvgIpc) is 2.45. The van der Waals surface area contributed by atoms with Crippen molar-refractivity contribution in [1.29, 1.82) is 0 Å². The van der Waals surface area contributed by atoms with Crippen LogP contribution in [0.3, 0.4) is 0 Å². The zero-order chi connectivity index (χ0) is 14.6. The normalized spacial score (nSPS) is 19.4. The third kappa shape index (κ3) is 3.58. The van der Waals surface area contributed by atoms with Crippen molar-refractivity contribution < 1.29 is 9.53 Å². The van der Waals surface area contributed by atoms with E-state index in [0.29, 0.717) is 32.6 Å². The second-order valence-electron chi connectivity index (χ2n) is 5.79. The molecule has 1 unspecified atom stereocenters. The molecule has 0 saturated carbocycles. The van der Waals surface area contributed by atoms with E-state index < -0.39 is 5.54 Å². The van der Waals surface area contributed by atoms with Crippen LogP contribution >= 0.6 is 0 Å². The molecule has 2 rings (SSSR count). The SMILES string of the molecule is Cc1cccc(C(C)CNC(=O)C2(N)CCOCC2)c1. The van der Waals surface area contributed by atoms with Gasteiger partial charge in [0.1, 0.15) is 0 Å². The third-order valence-corrected chi connectivity index (χ3v) is 4.02. The maximum atomic E-state index is 12.2. The van der Waals surface area contributed by atoms with Crippen LogP contribution in [0.4, 0.5) is 0 Å². The Labute approximate surface area is 120 Å². The van der Waals surface area contributed by atoms with Crippen molar-refractivity contribution in [1.82, 2.24) is 5.32 Å². The third-order valence-electron chi connectivity index (χ3n) is 4.02. The van der Waals surface area contributed by atoms with Gasteiger partial charge in [-0.3, -0.25) is 4.79 Å². The van der Waals surface area contributed by atoms with Crippen LogP contribution in [0.25, 0.3) is 0 Å². The highest BCUT2D eigenvalue weighted by atomic mass is 16.5. The van der Waals surface area contributed by atoms with Crippen LogP contribution in [0.1, 0.15) is 36.8 Å². The van der Waals surface area contributed by atoms with Crippen molar-refractivity contribution in [2.24, 2.45) is 5.73 Å². The van der Waals surface area contributed by atoms with Gasteiger partial charge in [-0.05, 0) is 31.2 Å². The molecule has 4 nitrogen and oxygen atoms in total. The highest BCUT2D eigenvalue weighted by Crippen LogP contribution is 2.19. The van der Waals surface area contributed by atoms with Gasteiger partial charge >= 0.3 is 0 Å². The first-order valence-electron chi connectivity index (χ1n) is 7.23. The molecule has 1 saturated heterocycles. The quantitative estimate of drug-likeness (QED) is 0.880. The van der Waals surface area contributed by atoms with E-state index in [1.165, 1.54) is 11.1 Å². The number of nitrogens with one attached hydrogen (secondary N) is 1. The van der Waals surface area contributed by atoms with Crippen LogP contribution in [0.5, 0.6) is 0 Å². The standard InChI is InChI=1S/C16H24N2O2/c1-12-4-3-5-14(10-12)13(2)11-18-15(19)16(17)6-8-20-9-7-16/h3-5,10,13H,6-9,11,17H2,1-2H3,(H,18,19). The lowest BCUT2D eigenvalue weighted by molar-refractivity contribution is -0.129. The Balaban J connectivity index is 1.89. The van der Waals surface area contributed by atoms with Gasteiger partial charge < -0.3 is 15.8 Å². The van der Waals surface area contributed by atoms with Gasteiger partial charge in [0.05, 0.1) is 5.54 Å². The van der Waals surface area contributed by atoms with Gasteiger partial charge in [0, 0.05) is 19.8 Å². The minimum Gasteiger partial charge on any atom is -0.381 e. The molecule has 1 aromatic carbocycles. The minimum atomic E-state index is -0.759. The second kappa shape index (κ2) is 6.37. The van der Waals surface area contributed by atoms with E-state index in [2.05, 4.69) is 37.4 Å². The van der Waals surface area contributed by atoms with Gasteiger partial charge in [-0.15, -0.1) is 0 Å². The Kier molecular flexibility index (Phi) is 4.78. The molecule has 3 N–H and O–H groups in total. The molecule has 110 valence electrons. The van der Waals surface area contributed by atoms with E-state index in [9.17, 15) is 4.79 Å². The lowest BCUT2D eigenvalue weighted by Crippen LogP contribution is -2.57. The molecule has 0 aliphatic carbocycles. The molecular formula is C16H24N2O2. The summed E-state index contributed by atoms with van der Waals surface area (Å²) in [5.74, 6) is 0.225. The Morgan fingerprint density at radius 3 is 2.80 bits per heavy atom.